The predicted molar refractivity (Wildman–Crippen MR) is 89.3 cm³/mol. The van der Waals surface area contributed by atoms with E-state index in [0.29, 0.717) is 16.6 Å². The maximum absolute atomic E-state index is 12.4. The van der Waals surface area contributed by atoms with Crippen LogP contribution in [0.5, 0.6) is 11.5 Å². The molecule has 6 heteroatoms. The van der Waals surface area contributed by atoms with E-state index in [1.807, 2.05) is 43.3 Å². The smallest absolute Gasteiger partial charge is 0.270 e. The number of rotatable bonds is 2. The SMILES string of the molecule is Cc1cccc2sc(NC(=O)C3COc4ccccc4O3)nc12. The summed E-state index contributed by atoms with van der Waals surface area (Å²) in [5, 5.41) is 3.39. The van der Waals surface area contributed by atoms with Gasteiger partial charge in [-0.15, -0.1) is 0 Å². The molecule has 0 spiro atoms. The maximum atomic E-state index is 12.4. The van der Waals surface area contributed by atoms with Gasteiger partial charge in [0.25, 0.3) is 5.91 Å². The number of fused-ring (bicyclic) bond motifs is 2. The van der Waals surface area contributed by atoms with Crippen LogP contribution in [0.4, 0.5) is 5.13 Å². The highest BCUT2D eigenvalue weighted by Gasteiger charge is 2.27. The van der Waals surface area contributed by atoms with Gasteiger partial charge in [0.15, 0.2) is 16.6 Å². The number of benzene rings is 2. The van der Waals surface area contributed by atoms with E-state index in [2.05, 4.69) is 10.3 Å². The summed E-state index contributed by atoms with van der Waals surface area (Å²) in [6, 6.07) is 13.3. The summed E-state index contributed by atoms with van der Waals surface area (Å²) in [5.74, 6) is 0.988. The van der Waals surface area contributed by atoms with E-state index in [-0.39, 0.29) is 12.5 Å². The first-order valence-corrected chi connectivity index (χ1v) is 8.08. The number of hydrogen-bond donors (Lipinski definition) is 1. The maximum Gasteiger partial charge on any atom is 0.270 e. The first-order valence-electron chi connectivity index (χ1n) is 7.26. The number of anilines is 1. The highest BCUT2D eigenvalue weighted by atomic mass is 32.1. The number of amides is 1. The molecular formula is C17H14N2O3S. The zero-order chi connectivity index (χ0) is 15.8. The van der Waals surface area contributed by atoms with Gasteiger partial charge in [-0.3, -0.25) is 10.1 Å². The third-order valence-electron chi connectivity index (χ3n) is 3.65. The van der Waals surface area contributed by atoms with Gasteiger partial charge in [0.1, 0.15) is 6.61 Å². The Morgan fingerprint density at radius 3 is 2.87 bits per heavy atom. The van der Waals surface area contributed by atoms with Crippen LogP contribution in [0.15, 0.2) is 42.5 Å². The molecule has 1 atom stereocenters. The van der Waals surface area contributed by atoms with E-state index in [1.165, 1.54) is 11.3 Å². The standard InChI is InChI=1S/C17H14N2O3S/c1-10-5-4-8-14-15(10)18-17(23-14)19-16(20)13-9-21-11-6-2-3-7-12(11)22-13/h2-8,13H,9H2,1H3,(H,18,19,20). The van der Waals surface area contributed by atoms with Crippen molar-refractivity contribution in [2.24, 2.45) is 0 Å². The second-order valence-corrected chi connectivity index (χ2v) is 6.32. The first-order chi connectivity index (χ1) is 11.2. The number of thiazole rings is 1. The zero-order valence-electron chi connectivity index (χ0n) is 12.4. The van der Waals surface area contributed by atoms with E-state index in [9.17, 15) is 4.79 Å². The monoisotopic (exact) mass is 326 g/mol. The lowest BCUT2D eigenvalue weighted by atomic mass is 10.2. The van der Waals surface area contributed by atoms with Crippen molar-refractivity contribution in [1.82, 2.24) is 4.98 Å². The van der Waals surface area contributed by atoms with Gasteiger partial charge in [0.05, 0.1) is 10.2 Å². The highest BCUT2D eigenvalue weighted by molar-refractivity contribution is 7.22. The summed E-state index contributed by atoms with van der Waals surface area (Å²) >= 11 is 1.45. The fraction of sp³-hybridized carbons (Fsp3) is 0.176. The van der Waals surface area contributed by atoms with Crippen molar-refractivity contribution in [2.75, 3.05) is 11.9 Å². The molecule has 0 radical (unpaired) electrons. The van der Waals surface area contributed by atoms with E-state index in [1.54, 1.807) is 6.07 Å². The number of para-hydroxylation sites is 3. The van der Waals surface area contributed by atoms with Gasteiger partial charge in [0, 0.05) is 0 Å². The lowest BCUT2D eigenvalue weighted by Crippen LogP contribution is -2.40. The number of hydrogen-bond acceptors (Lipinski definition) is 5. The Labute approximate surface area is 136 Å². The molecule has 3 aromatic rings. The van der Waals surface area contributed by atoms with Gasteiger partial charge in [-0.25, -0.2) is 4.98 Å². The highest BCUT2D eigenvalue weighted by Crippen LogP contribution is 2.32. The fourth-order valence-electron chi connectivity index (χ4n) is 2.47. The minimum Gasteiger partial charge on any atom is -0.485 e. The van der Waals surface area contributed by atoms with Crippen LogP contribution in [-0.2, 0) is 4.79 Å². The molecule has 1 aliphatic rings. The van der Waals surface area contributed by atoms with Crippen molar-refractivity contribution in [1.29, 1.82) is 0 Å². The van der Waals surface area contributed by atoms with Crippen LogP contribution in [-0.4, -0.2) is 23.6 Å². The summed E-state index contributed by atoms with van der Waals surface area (Å²) in [6.07, 6.45) is -0.682. The van der Waals surface area contributed by atoms with E-state index in [0.717, 1.165) is 15.8 Å². The molecule has 0 fully saturated rings. The molecule has 1 amide bonds. The molecule has 2 heterocycles. The van der Waals surface area contributed by atoms with Gasteiger partial charge < -0.3 is 9.47 Å². The summed E-state index contributed by atoms with van der Waals surface area (Å²) in [7, 11) is 0. The average molecular weight is 326 g/mol. The molecule has 2 aromatic carbocycles. The van der Waals surface area contributed by atoms with Gasteiger partial charge in [-0.2, -0.15) is 0 Å². The summed E-state index contributed by atoms with van der Waals surface area (Å²) in [5.41, 5.74) is 2.00. The second kappa shape index (κ2) is 5.55. The molecule has 23 heavy (non-hydrogen) atoms. The van der Waals surface area contributed by atoms with Gasteiger partial charge in [-0.1, -0.05) is 35.6 Å². The fourth-order valence-corrected chi connectivity index (χ4v) is 3.42. The molecule has 0 aliphatic carbocycles. The van der Waals surface area contributed by atoms with E-state index in [4.69, 9.17) is 9.47 Å². The largest absolute Gasteiger partial charge is 0.485 e. The lowest BCUT2D eigenvalue weighted by Gasteiger charge is -2.25. The predicted octanol–water partition coefficient (Wildman–Crippen LogP) is 3.38. The van der Waals surface area contributed by atoms with Crippen LogP contribution >= 0.6 is 11.3 Å². The van der Waals surface area contributed by atoms with Gasteiger partial charge >= 0.3 is 0 Å². The molecule has 0 saturated carbocycles. The molecule has 1 N–H and O–H groups in total. The van der Waals surface area contributed by atoms with Crippen molar-refractivity contribution in [3.63, 3.8) is 0 Å². The van der Waals surface area contributed by atoms with Crippen LogP contribution < -0.4 is 14.8 Å². The van der Waals surface area contributed by atoms with Crippen LogP contribution in [0.2, 0.25) is 0 Å². The Bertz CT molecular complexity index is 890. The number of aromatic nitrogens is 1. The number of carbonyl (C=O) groups is 1. The Morgan fingerprint density at radius 1 is 1.22 bits per heavy atom. The van der Waals surface area contributed by atoms with Crippen LogP contribution in [0, 0.1) is 6.92 Å². The van der Waals surface area contributed by atoms with Crippen molar-refractivity contribution >= 4 is 32.6 Å². The average Bonchev–Trinajstić information content (AvgIpc) is 2.98. The van der Waals surface area contributed by atoms with Crippen LogP contribution in [0.3, 0.4) is 0 Å². The van der Waals surface area contributed by atoms with Crippen molar-refractivity contribution in [3.8, 4) is 11.5 Å². The van der Waals surface area contributed by atoms with Crippen LogP contribution in [0.25, 0.3) is 10.2 Å². The summed E-state index contributed by atoms with van der Waals surface area (Å²) in [6.45, 7) is 2.19. The number of nitrogens with one attached hydrogen (secondary N) is 1. The molecule has 4 rings (SSSR count). The molecule has 0 saturated heterocycles. The topological polar surface area (TPSA) is 60.5 Å². The van der Waals surface area contributed by atoms with E-state index < -0.39 is 6.10 Å². The Kier molecular flexibility index (Phi) is 3.38. The minimum atomic E-state index is -0.682. The van der Waals surface area contributed by atoms with Crippen molar-refractivity contribution in [2.45, 2.75) is 13.0 Å². The zero-order valence-corrected chi connectivity index (χ0v) is 13.2. The van der Waals surface area contributed by atoms with Crippen LogP contribution in [0.1, 0.15) is 5.56 Å². The van der Waals surface area contributed by atoms with E-state index >= 15 is 0 Å². The molecule has 0 bridgehead atoms. The van der Waals surface area contributed by atoms with Gasteiger partial charge in [-0.05, 0) is 30.7 Å². The number of carbonyl (C=O) groups excluding carboxylic acids is 1. The van der Waals surface area contributed by atoms with Gasteiger partial charge in [0.2, 0.25) is 6.10 Å². The lowest BCUT2D eigenvalue weighted by molar-refractivity contribution is -0.125. The molecule has 1 aliphatic heterocycles. The minimum absolute atomic E-state index is 0.187. The van der Waals surface area contributed by atoms with Crippen molar-refractivity contribution < 1.29 is 14.3 Å². The Balaban J connectivity index is 1.52. The summed E-state index contributed by atoms with van der Waals surface area (Å²) in [4.78, 5) is 16.9. The van der Waals surface area contributed by atoms with Crippen molar-refractivity contribution in [3.05, 3.63) is 48.0 Å². The molecule has 1 aromatic heterocycles. The number of ether oxygens (including phenoxy) is 2. The summed E-state index contributed by atoms with van der Waals surface area (Å²) < 4.78 is 12.3. The number of nitrogens with zero attached hydrogens (tertiary/aromatic N) is 1. The molecule has 5 nitrogen and oxygen atoms in total. The first kappa shape index (κ1) is 14.0. The Morgan fingerprint density at radius 2 is 2.04 bits per heavy atom. The third-order valence-corrected chi connectivity index (χ3v) is 4.59. The third kappa shape index (κ3) is 2.61. The Hall–Kier alpha value is -2.60. The molecule has 1 unspecified atom stereocenters. The molecular weight excluding hydrogens is 312 g/mol. The second-order valence-electron chi connectivity index (χ2n) is 5.29. The normalized spacial score (nSPS) is 16.3. The molecule has 116 valence electrons. The quantitative estimate of drug-likeness (QED) is 0.784. The number of aryl methyl sites for hydroxylation is 1.